The highest BCUT2D eigenvalue weighted by Crippen LogP contribution is 2.21. The lowest BCUT2D eigenvalue weighted by molar-refractivity contribution is -0.144. The van der Waals surface area contributed by atoms with E-state index in [1.165, 1.54) is 18.3 Å². The minimum atomic E-state index is -0.613. The molecule has 0 unspecified atom stereocenters. The molecule has 23 heavy (non-hydrogen) atoms. The molecule has 8 heteroatoms. The summed E-state index contributed by atoms with van der Waals surface area (Å²) in [6.45, 7) is -0.443. The molecule has 0 aliphatic carbocycles. The molecule has 1 amide bonds. The summed E-state index contributed by atoms with van der Waals surface area (Å²) in [4.78, 5) is 27.4. The van der Waals surface area contributed by atoms with Crippen molar-refractivity contribution in [2.75, 3.05) is 17.7 Å². The van der Waals surface area contributed by atoms with Crippen LogP contribution in [0.5, 0.6) is 0 Å². The van der Waals surface area contributed by atoms with Gasteiger partial charge in [0.25, 0.3) is 5.91 Å². The highest BCUT2D eigenvalue weighted by Gasteiger charge is 2.10. The number of carbonyl (C=O) groups is 2. The van der Waals surface area contributed by atoms with E-state index >= 15 is 0 Å². The molecule has 2 rings (SSSR count). The number of amides is 1. The van der Waals surface area contributed by atoms with Crippen LogP contribution in [0.25, 0.3) is 0 Å². The third-order valence-electron chi connectivity index (χ3n) is 2.54. The number of halogens is 2. The molecular weight excluding hydrogens is 343 g/mol. The highest BCUT2D eigenvalue weighted by molar-refractivity contribution is 8.00. The Morgan fingerprint density at radius 3 is 2.74 bits per heavy atom. The number of esters is 1. The van der Waals surface area contributed by atoms with Crippen LogP contribution in [-0.4, -0.2) is 29.2 Å². The molecule has 0 bridgehead atoms. The molecule has 0 saturated carbocycles. The largest absolute Gasteiger partial charge is 0.455 e. The van der Waals surface area contributed by atoms with Crippen molar-refractivity contribution < 1.29 is 18.7 Å². The average Bonchev–Trinajstić information content (AvgIpc) is 2.54. The van der Waals surface area contributed by atoms with Crippen molar-refractivity contribution in [1.82, 2.24) is 4.98 Å². The summed E-state index contributed by atoms with van der Waals surface area (Å²) in [6, 6.07) is 9.19. The fourth-order valence-corrected chi connectivity index (χ4v) is 2.36. The number of hydrogen-bond acceptors (Lipinski definition) is 5. The molecule has 2 aromatic rings. The van der Waals surface area contributed by atoms with Crippen molar-refractivity contribution in [3.63, 3.8) is 0 Å². The second-order valence-corrected chi connectivity index (χ2v) is 5.74. The monoisotopic (exact) mass is 354 g/mol. The number of ether oxygens (including phenoxy) is 1. The molecular formula is C15H12ClFN2O3S. The SMILES string of the molecule is O=C(COC(=O)CSc1ccccc1F)Nc1ccc(Cl)cn1. The van der Waals surface area contributed by atoms with Crippen molar-refractivity contribution in [3.05, 3.63) is 53.4 Å². The summed E-state index contributed by atoms with van der Waals surface area (Å²) in [6.07, 6.45) is 1.38. The topological polar surface area (TPSA) is 68.3 Å². The molecule has 1 N–H and O–H groups in total. The number of benzene rings is 1. The fraction of sp³-hybridized carbons (Fsp3) is 0.133. The molecule has 120 valence electrons. The van der Waals surface area contributed by atoms with E-state index < -0.39 is 24.3 Å². The molecule has 5 nitrogen and oxygen atoms in total. The van der Waals surface area contributed by atoms with Gasteiger partial charge in [0.05, 0.1) is 10.8 Å². The van der Waals surface area contributed by atoms with Crippen LogP contribution in [0.4, 0.5) is 10.2 Å². The number of anilines is 1. The lowest BCUT2D eigenvalue weighted by Crippen LogP contribution is -2.22. The van der Waals surface area contributed by atoms with E-state index in [1.54, 1.807) is 24.3 Å². The molecule has 0 atom stereocenters. The Labute approximate surface area is 141 Å². The Hall–Kier alpha value is -2.12. The summed E-state index contributed by atoms with van der Waals surface area (Å²) in [7, 11) is 0. The maximum absolute atomic E-state index is 13.4. The van der Waals surface area contributed by atoms with E-state index in [2.05, 4.69) is 10.3 Å². The van der Waals surface area contributed by atoms with Gasteiger partial charge in [-0.25, -0.2) is 9.37 Å². The predicted molar refractivity (Wildman–Crippen MR) is 86.0 cm³/mol. The quantitative estimate of drug-likeness (QED) is 0.637. The minimum absolute atomic E-state index is 0.0899. The van der Waals surface area contributed by atoms with Crippen molar-refractivity contribution in [3.8, 4) is 0 Å². The van der Waals surface area contributed by atoms with E-state index in [4.69, 9.17) is 16.3 Å². The molecule has 0 aliphatic rings. The van der Waals surface area contributed by atoms with Crippen LogP contribution in [0.1, 0.15) is 0 Å². The van der Waals surface area contributed by atoms with Gasteiger partial charge in [-0.3, -0.25) is 9.59 Å². The van der Waals surface area contributed by atoms with E-state index in [0.29, 0.717) is 15.7 Å². The molecule has 0 aliphatic heterocycles. The highest BCUT2D eigenvalue weighted by atomic mass is 35.5. The Bertz CT molecular complexity index is 697. The van der Waals surface area contributed by atoms with Crippen LogP contribution in [0.15, 0.2) is 47.5 Å². The molecule has 0 saturated heterocycles. The van der Waals surface area contributed by atoms with Gasteiger partial charge in [0.15, 0.2) is 6.61 Å². The van der Waals surface area contributed by atoms with E-state index in [0.717, 1.165) is 11.8 Å². The summed E-state index contributed by atoms with van der Waals surface area (Å²) in [5, 5.41) is 2.90. The lowest BCUT2D eigenvalue weighted by Gasteiger charge is -2.06. The van der Waals surface area contributed by atoms with E-state index in [-0.39, 0.29) is 5.75 Å². The molecule has 0 spiro atoms. The zero-order valence-electron chi connectivity index (χ0n) is 11.8. The van der Waals surface area contributed by atoms with Gasteiger partial charge in [0, 0.05) is 11.1 Å². The van der Waals surface area contributed by atoms with Crippen LogP contribution in [0, 0.1) is 5.82 Å². The van der Waals surface area contributed by atoms with Crippen molar-refractivity contribution in [2.45, 2.75) is 4.90 Å². The Morgan fingerprint density at radius 1 is 1.26 bits per heavy atom. The fourth-order valence-electron chi connectivity index (χ4n) is 1.51. The van der Waals surface area contributed by atoms with Crippen molar-refractivity contribution >= 4 is 41.1 Å². The normalized spacial score (nSPS) is 10.2. The first-order chi connectivity index (χ1) is 11.0. The Morgan fingerprint density at radius 2 is 2.04 bits per heavy atom. The summed E-state index contributed by atoms with van der Waals surface area (Å²) in [5.74, 6) is -1.33. The van der Waals surface area contributed by atoms with E-state index in [1.807, 2.05) is 0 Å². The second kappa shape index (κ2) is 8.50. The first-order valence-electron chi connectivity index (χ1n) is 6.49. The van der Waals surface area contributed by atoms with Crippen LogP contribution in [0.2, 0.25) is 5.02 Å². The Kier molecular flexibility index (Phi) is 6.37. The minimum Gasteiger partial charge on any atom is -0.455 e. The zero-order valence-corrected chi connectivity index (χ0v) is 13.4. The molecule has 1 heterocycles. The summed E-state index contributed by atoms with van der Waals surface area (Å²) < 4.78 is 18.2. The number of carbonyl (C=O) groups excluding carboxylic acids is 2. The van der Waals surface area contributed by atoms with Gasteiger partial charge < -0.3 is 10.1 Å². The number of hydrogen-bond donors (Lipinski definition) is 1. The maximum Gasteiger partial charge on any atom is 0.316 e. The van der Waals surface area contributed by atoms with Crippen LogP contribution < -0.4 is 5.32 Å². The lowest BCUT2D eigenvalue weighted by atomic mass is 10.3. The zero-order chi connectivity index (χ0) is 16.7. The van der Waals surface area contributed by atoms with Gasteiger partial charge >= 0.3 is 5.97 Å². The van der Waals surface area contributed by atoms with Gasteiger partial charge in [-0.15, -0.1) is 11.8 Å². The number of thioether (sulfide) groups is 1. The number of rotatable bonds is 6. The summed E-state index contributed by atoms with van der Waals surface area (Å²) >= 11 is 6.68. The second-order valence-electron chi connectivity index (χ2n) is 4.29. The van der Waals surface area contributed by atoms with Crippen molar-refractivity contribution in [2.24, 2.45) is 0 Å². The number of pyridine rings is 1. The molecule has 0 radical (unpaired) electrons. The van der Waals surface area contributed by atoms with Gasteiger partial charge in [-0.1, -0.05) is 23.7 Å². The average molecular weight is 355 g/mol. The van der Waals surface area contributed by atoms with Gasteiger partial charge in [0.2, 0.25) is 0 Å². The smallest absolute Gasteiger partial charge is 0.316 e. The van der Waals surface area contributed by atoms with Crippen LogP contribution in [0.3, 0.4) is 0 Å². The third-order valence-corrected chi connectivity index (χ3v) is 3.79. The first kappa shape index (κ1) is 17.2. The standard InChI is InChI=1S/C15H12ClFN2O3S/c16-10-5-6-13(18-7-10)19-14(20)8-22-15(21)9-23-12-4-2-1-3-11(12)17/h1-7H,8-9H2,(H,18,19,20). The predicted octanol–water partition coefficient (Wildman–Crippen LogP) is 3.15. The van der Waals surface area contributed by atoms with Gasteiger partial charge in [0.1, 0.15) is 11.6 Å². The van der Waals surface area contributed by atoms with Gasteiger partial charge in [-0.2, -0.15) is 0 Å². The van der Waals surface area contributed by atoms with Gasteiger partial charge in [-0.05, 0) is 24.3 Å². The maximum atomic E-state index is 13.4. The number of nitrogens with one attached hydrogen (secondary N) is 1. The Balaban J connectivity index is 1.72. The molecule has 1 aromatic carbocycles. The number of nitrogens with zero attached hydrogens (tertiary/aromatic N) is 1. The van der Waals surface area contributed by atoms with E-state index in [9.17, 15) is 14.0 Å². The first-order valence-corrected chi connectivity index (χ1v) is 7.85. The third kappa shape index (κ3) is 5.88. The molecule has 1 aromatic heterocycles. The van der Waals surface area contributed by atoms with Crippen molar-refractivity contribution in [1.29, 1.82) is 0 Å². The number of aromatic nitrogens is 1. The van der Waals surface area contributed by atoms with Crippen LogP contribution >= 0.6 is 23.4 Å². The van der Waals surface area contributed by atoms with Crippen LogP contribution in [-0.2, 0) is 14.3 Å². The summed E-state index contributed by atoms with van der Waals surface area (Å²) in [5.41, 5.74) is 0. The molecule has 0 fully saturated rings.